The molecule has 0 saturated carbocycles. The fraction of sp³-hybridized carbons (Fsp3) is 0.611. The van der Waals surface area contributed by atoms with Gasteiger partial charge in [-0.05, 0) is 44.0 Å². The summed E-state index contributed by atoms with van der Waals surface area (Å²) < 4.78 is 5.76. The van der Waals surface area contributed by atoms with Crippen molar-refractivity contribution in [1.82, 2.24) is 15.1 Å². The summed E-state index contributed by atoms with van der Waals surface area (Å²) >= 11 is 1.89. The van der Waals surface area contributed by atoms with Crippen LogP contribution >= 0.6 is 11.8 Å². The lowest BCUT2D eigenvalue weighted by Crippen LogP contribution is -2.32. The maximum absolute atomic E-state index is 5.76. The number of fused-ring (bicyclic) bond motifs is 1. The van der Waals surface area contributed by atoms with E-state index < -0.39 is 0 Å². The molecule has 0 spiro atoms. The lowest BCUT2D eigenvalue weighted by Gasteiger charge is -2.27. The fourth-order valence-corrected chi connectivity index (χ4v) is 3.64. The van der Waals surface area contributed by atoms with E-state index in [1.165, 1.54) is 17.0 Å². The topological polar surface area (TPSA) is 45.1 Å². The SMILES string of the molecule is CSCCc1n[nH]c2c1CN(CC[C@@H](C)c1ccc(C)o1)CC2. The molecule has 3 rings (SSSR count). The molecule has 2 aromatic rings. The number of thioether (sulfide) groups is 1. The minimum atomic E-state index is 0.477. The quantitative estimate of drug-likeness (QED) is 0.838. The summed E-state index contributed by atoms with van der Waals surface area (Å²) in [7, 11) is 0. The first-order valence-electron chi connectivity index (χ1n) is 8.50. The largest absolute Gasteiger partial charge is 0.466 e. The summed E-state index contributed by atoms with van der Waals surface area (Å²) in [5.41, 5.74) is 4.08. The van der Waals surface area contributed by atoms with E-state index in [1.807, 2.05) is 18.7 Å². The first-order valence-corrected chi connectivity index (χ1v) is 9.89. The van der Waals surface area contributed by atoms with E-state index in [0.29, 0.717) is 5.92 Å². The third-order valence-corrected chi connectivity index (χ3v) is 5.38. The van der Waals surface area contributed by atoms with Crippen LogP contribution in [-0.2, 0) is 19.4 Å². The van der Waals surface area contributed by atoms with Crippen LogP contribution in [0.4, 0.5) is 0 Å². The first kappa shape index (κ1) is 16.7. The molecule has 1 N–H and O–H groups in total. The van der Waals surface area contributed by atoms with Crippen LogP contribution in [0.25, 0.3) is 0 Å². The average molecular weight is 334 g/mol. The average Bonchev–Trinajstić information content (AvgIpc) is 3.16. The lowest BCUT2D eigenvalue weighted by atomic mass is 10.0. The lowest BCUT2D eigenvalue weighted by molar-refractivity contribution is 0.240. The Kier molecular flexibility index (Phi) is 5.49. The molecule has 2 aromatic heterocycles. The van der Waals surface area contributed by atoms with Crippen LogP contribution in [-0.4, -0.2) is 40.2 Å². The molecule has 0 aromatic carbocycles. The Morgan fingerprint density at radius 3 is 3.04 bits per heavy atom. The molecule has 0 aliphatic carbocycles. The number of H-pyrrole nitrogens is 1. The highest BCUT2D eigenvalue weighted by atomic mass is 32.2. The van der Waals surface area contributed by atoms with Crippen molar-refractivity contribution in [2.45, 2.75) is 45.6 Å². The van der Waals surface area contributed by atoms with Gasteiger partial charge in [-0.15, -0.1) is 0 Å². The molecular formula is C18H27N3OS. The third-order valence-electron chi connectivity index (χ3n) is 4.77. The number of hydrogen-bond acceptors (Lipinski definition) is 4. The predicted octanol–water partition coefficient (Wildman–Crippen LogP) is 3.77. The Labute approximate surface area is 143 Å². The van der Waals surface area contributed by atoms with Crippen LogP contribution < -0.4 is 0 Å². The van der Waals surface area contributed by atoms with E-state index in [2.05, 4.69) is 40.4 Å². The highest BCUT2D eigenvalue weighted by Gasteiger charge is 2.22. The van der Waals surface area contributed by atoms with Crippen molar-refractivity contribution >= 4 is 11.8 Å². The van der Waals surface area contributed by atoms with Gasteiger partial charge in [0.05, 0.1) is 5.69 Å². The molecule has 3 heterocycles. The minimum absolute atomic E-state index is 0.477. The molecule has 1 aliphatic rings. The van der Waals surface area contributed by atoms with Crippen LogP contribution in [0.5, 0.6) is 0 Å². The summed E-state index contributed by atoms with van der Waals surface area (Å²) in [6, 6.07) is 4.17. The van der Waals surface area contributed by atoms with Gasteiger partial charge in [-0.25, -0.2) is 0 Å². The van der Waals surface area contributed by atoms with Crippen LogP contribution in [0.15, 0.2) is 16.5 Å². The Hall–Kier alpha value is -1.20. The zero-order valence-electron chi connectivity index (χ0n) is 14.4. The first-order chi connectivity index (χ1) is 11.2. The Morgan fingerprint density at radius 2 is 2.30 bits per heavy atom. The number of rotatable bonds is 7. The monoisotopic (exact) mass is 333 g/mol. The number of aromatic nitrogens is 2. The second-order valence-electron chi connectivity index (χ2n) is 6.53. The van der Waals surface area contributed by atoms with Gasteiger partial charge < -0.3 is 4.42 Å². The van der Waals surface area contributed by atoms with E-state index in [9.17, 15) is 0 Å². The summed E-state index contributed by atoms with van der Waals surface area (Å²) in [6.07, 6.45) is 5.46. The fourth-order valence-electron chi connectivity index (χ4n) is 3.24. The molecule has 0 saturated heterocycles. The summed E-state index contributed by atoms with van der Waals surface area (Å²) in [4.78, 5) is 2.56. The normalized spacial score (nSPS) is 16.5. The zero-order chi connectivity index (χ0) is 16.2. The number of aromatic amines is 1. The maximum Gasteiger partial charge on any atom is 0.107 e. The van der Waals surface area contributed by atoms with Crippen LogP contribution in [0.3, 0.4) is 0 Å². The second-order valence-corrected chi connectivity index (χ2v) is 7.52. The molecule has 0 fully saturated rings. The van der Waals surface area contributed by atoms with Crippen molar-refractivity contribution in [2.75, 3.05) is 25.1 Å². The predicted molar refractivity (Wildman–Crippen MR) is 96.1 cm³/mol. The molecule has 126 valence electrons. The van der Waals surface area contributed by atoms with Gasteiger partial charge in [0.15, 0.2) is 0 Å². The number of hydrogen-bond donors (Lipinski definition) is 1. The molecule has 5 heteroatoms. The van der Waals surface area contributed by atoms with Gasteiger partial charge in [0.1, 0.15) is 11.5 Å². The molecule has 1 aliphatic heterocycles. The third kappa shape index (κ3) is 4.01. The van der Waals surface area contributed by atoms with E-state index in [1.54, 1.807) is 0 Å². The second kappa shape index (κ2) is 7.58. The summed E-state index contributed by atoms with van der Waals surface area (Å²) in [5.74, 6) is 3.74. The van der Waals surface area contributed by atoms with Crippen LogP contribution in [0.2, 0.25) is 0 Å². The number of aryl methyl sites for hydroxylation is 2. The summed E-state index contributed by atoms with van der Waals surface area (Å²) in [5, 5.41) is 7.78. The Morgan fingerprint density at radius 1 is 1.43 bits per heavy atom. The van der Waals surface area contributed by atoms with Crippen molar-refractivity contribution in [2.24, 2.45) is 0 Å². The van der Waals surface area contributed by atoms with Crippen molar-refractivity contribution in [3.05, 3.63) is 40.6 Å². The van der Waals surface area contributed by atoms with Gasteiger partial charge >= 0.3 is 0 Å². The number of furan rings is 1. The van der Waals surface area contributed by atoms with E-state index in [4.69, 9.17) is 4.42 Å². The molecular weight excluding hydrogens is 306 g/mol. The number of nitrogens with zero attached hydrogens (tertiary/aromatic N) is 2. The van der Waals surface area contributed by atoms with Crippen molar-refractivity contribution in [1.29, 1.82) is 0 Å². The van der Waals surface area contributed by atoms with Gasteiger partial charge in [0.25, 0.3) is 0 Å². The van der Waals surface area contributed by atoms with Crippen LogP contribution in [0.1, 0.15) is 47.7 Å². The van der Waals surface area contributed by atoms with Crippen molar-refractivity contribution in [3.8, 4) is 0 Å². The van der Waals surface area contributed by atoms with Crippen molar-refractivity contribution < 1.29 is 4.42 Å². The molecule has 0 radical (unpaired) electrons. The van der Waals surface area contributed by atoms with Gasteiger partial charge in [0, 0.05) is 43.1 Å². The zero-order valence-corrected chi connectivity index (χ0v) is 15.2. The van der Waals surface area contributed by atoms with E-state index >= 15 is 0 Å². The summed E-state index contributed by atoms with van der Waals surface area (Å²) in [6.45, 7) is 7.56. The van der Waals surface area contributed by atoms with Gasteiger partial charge in [-0.1, -0.05) is 6.92 Å². The highest BCUT2D eigenvalue weighted by Crippen LogP contribution is 2.25. The van der Waals surface area contributed by atoms with Gasteiger partial charge in [-0.3, -0.25) is 10.00 Å². The van der Waals surface area contributed by atoms with E-state index in [-0.39, 0.29) is 0 Å². The van der Waals surface area contributed by atoms with Gasteiger partial charge in [-0.2, -0.15) is 16.9 Å². The molecule has 0 amide bonds. The number of nitrogens with one attached hydrogen (secondary N) is 1. The van der Waals surface area contributed by atoms with Crippen LogP contribution in [0, 0.1) is 6.92 Å². The smallest absolute Gasteiger partial charge is 0.107 e. The molecule has 23 heavy (non-hydrogen) atoms. The molecule has 4 nitrogen and oxygen atoms in total. The van der Waals surface area contributed by atoms with Crippen molar-refractivity contribution in [3.63, 3.8) is 0 Å². The minimum Gasteiger partial charge on any atom is -0.466 e. The standard InChI is InChI=1S/C18H27N3OS/c1-13(18-5-4-14(2)22-18)6-9-21-10-7-16-15(12-21)17(20-19-16)8-11-23-3/h4-5,13H,6-12H2,1-3H3,(H,19,20)/t13-/m1/s1. The molecule has 0 bridgehead atoms. The van der Waals surface area contributed by atoms with E-state index in [0.717, 1.165) is 56.2 Å². The maximum atomic E-state index is 5.76. The highest BCUT2D eigenvalue weighted by molar-refractivity contribution is 7.98. The Balaban J connectivity index is 1.55. The Bertz CT molecular complexity index is 634. The van der Waals surface area contributed by atoms with Gasteiger partial charge in [0.2, 0.25) is 0 Å². The molecule has 0 unspecified atom stereocenters. The molecule has 1 atom stereocenters.